The Balaban J connectivity index is 1.43. The van der Waals surface area contributed by atoms with Gasteiger partial charge in [0.1, 0.15) is 23.4 Å². The van der Waals surface area contributed by atoms with Crippen LogP contribution in [0.25, 0.3) is 0 Å². The Hall–Kier alpha value is -2.34. The summed E-state index contributed by atoms with van der Waals surface area (Å²) in [7, 11) is 0. The highest BCUT2D eigenvalue weighted by Gasteiger charge is 2.38. The van der Waals surface area contributed by atoms with Crippen LogP contribution in [0.4, 0.5) is 4.39 Å². The standard InChI is InChI=1S/C19H20FNO4/c20-13-5-6-16-12(9-13)10-18(25-16)19(23)21-7-1-3-14(21)11-15(22)17-4-2-8-24-17/h2,4-6,8-9,14-15,18,22H,1,3,7,10-11H2. The van der Waals surface area contributed by atoms with Crippen LogP contribution in [-0.2, 0) is 11.2 Å². The van der Waals surface area contributed by atoms with Gasteiger partial charge in [-0.25, -0.2) is 4.39 Å². The first kappa shape index (κ1) is 16.1. The highest BCUT2D eigenvalue weighted by Crippen LogP contribution is 2.33. The average Bonchev–Trinajstić information content (AvgIpc) is 3.33. The number of carbonyl (C=O) groups is 1. The van der Waals surface area contributed by atoms with Crippen LogP contribution in [0.3, 0.4) is 0 Å². The Morgan fingerprint density at radius 1 is 1.40 bits per heavy atom. The number of benzene rings is 1. The molecule has 3 heterocycles. The second-order valence-corrected chi connectivity index (χ2v) is 6.66. The first-order valence-corrected chi connectivity index (χ1v) is 8.59. The van der Waals surface area contributed by atoms with Gasteiger partial charge in [0, 0.05) is 31.0 Å². The van der Waals surface area contributed by atoms with E-state index in [4.69, 9.17) is 9.15 Å². The lowest BCUT2D eigenvalue weighted by Crippen LogP contribution is -2.44. The van der Waals surface area contributed by atoms with Crippen molar-refractivity contribution >= 4 is 5.91 Å². The van der Waals surface area contributed by atoms with Crippen molar-refractivity contribution in [3.8, 4) is 5.75 Å². The Morgan fingerprint density at radius 3 is 3.08 bits per heavy atom. The molecular weight excluding hydrogens is 325 g/mol. The van der Waals surface area contributed by atoms with E-state index in [0.717, 1.165) is 18.4 Å². The minimum Gasteiger partial charge on any atom is -0.480 e. The third-order valence-corrected chi connectivity index (χ3v) is 5.00. The van der Waals surface area contributed by atoms with Gasteiger partial charge in [0.25, 0.3) is 5.91 Å². The van der Waals surface area contributed by atoms with E-state index in [0.29, 0.717) is 30.9 Å². The molecule has 132 valence electrons. The van der Waals surface area contributed by atoms with Crippen molar-refractivity contribution in [1.82, 2.24) is 4.90 Å². The lowest BCUT2D eigenvalue weighted by molar-refractivity contribution is -0.139. The number of hydrogen-bond donors (Lipinski definition) is 1. The second kappa shape index (κ2) is 6.52. The van der Waals surface area contributed by atoms with E-state index >= 15 is 0 Å². The summed E-state index contributed by atoms with van der Waals surface area (Å²) in [4.78, 5) is 14.7. The van der Waals surface area contributed by atoms with Gasteiger partial charge in [0.2, 0.25) is 0 Å². The Bertz CT molecular complexity index is 761. The molecule has 1 aromatic carbocycles. The number of aliphatic hydroxyl groups excluding tert-OH is 1. The molecule has 0 saturated carbocycles. The highest BCUT2D eigenvalue weighted by atomic mass is 19.1. The number of fused-ring (bicyclic) bond motifs is 1. The first-order chi connectivity index (χ1) is 12.1. The normalized spacial score (nSPS) is 23.4. The molecule has 5 nitrogen and oxygen atoms in total. The molecule has 0 spiro atoms. The summed E-state index contributed by atoms with van der Waals surface area (Å²) in [5.74, 6) is 0.673. The van der Waals surface area contributed by atoms with Gasteiger partial charge in [0.05, 0.1) is 6.26 Å². The van der Waals surface area contributed by atoms with E-state index in [2.05, 4.69) is 0 Å². The number of furan rings is 1. The number of hydrogen-bond acceptors (Lipinski definition) is 4. The van der Waals surface area contributed by atoms with Crippen LogP contribution in [0, 0.1) is 5.82 Å². The molecule has 1 aromatic heterocycles. The summed E-state index contributed by atoms with van der Waals surface area (Å²) in [6.07, 6.45) is 2.75. The molecule has 6 heteroatoms. The minimum atomic E-state index is -0.732. The van der Waals surface area contributed by atoms with Crippen LogP contribution < -0.4 is 4.74 Å². The van der Waals surface area contributed by atoms with Crippen molar-refractivity contribution in [3.63, 3.8) is 0 Å². The predicted octanol–water partition coefficient (Wildman–Crippen LogP) is 2.84. The van der Waals surface area contributed by atoms with Crippen molar-refractivity contribution in [2.45, 2.75) is 43.9 Å². The fraction of sp³-hybridized carbons (Fsp3) is 0.421. The first-order valence-electron chi connectivity index (χ1n) is 8.59. The van der Waals surface area contributed by atoms with E-state index in [1.807, 2.05) is 0 Å². The Labute approximate surface area is 145 Å². The van der Waals surface area contributed by atoms with Crippen molar-refractivity contribution < 1.29 is 23.4 Å². The molecule has 1 saturated heterocycles. The van der Waals surface area contributed by atoms with E-state index in [1.165, 1.54) is 18.4 Å². The van der Waals surface area contributed by atoms with Gasteiger partial charge in [-0.15, -0.1) is 0 Å². The maximum Gasteiger partial charge on any atom is 0.264 e. The van der Waals surface area contributed by atoms with Gasteiger partial charge in [-0.3, -0.25) is 4.79 Å². The van der Waals surface area contributed by atoms with Gasteiger partial charge in [-0.2, -0.15) is 0 Å². The van der Waals surface area contributed by atoms with Crippen molar-refractivity contribution in [1.29, 1.82) is 0 Å². The summed E-state index contributed by atoms with van der Waals surface area (Å²) < 4.78 is 24.3. The molecule has 1 fully saturated rings. The molecule has 3 atom stereocenters. The molecule has 0 aliphatic carbocycles. The van der Waals surface area contributed by atoms with Gasteiger partial charge >= 0.3 is 0 Å². The van der Waals surface area contributed by atoms with Gasteiger partial charge in [-0.1, -0.05) is 0 Å². The molecule has 25 heavy (non-hydrogen) atoms. The van der Waals surface area contributed by atoms with E-state index in [1.54, 1.807) is 23.1 Å². The fourth-order valence-corrected chi connectivity index (χ4v) is 3.77. The lowest BCUT2D eigenvalue weighted by Gasteiger charge is -2.28. The van der Waals surface area contributed by atoms with Crippen LogP contribution >= 0.6 is 0 Å². The molecule has 0 radical (unpaired) electrons. The van der Waals surface area contributed by atoms with Crippen molar-refractivity contribution in [3.05, 3.63) is 53.7 Å². The average molecular weight is 345 g/mol. The van der Waals surface area contributed by atoms with Gasteiger partial charge in [-0.05, 0) is 43.2 Å². The molecule has 2 aliphatic heterocycles. The van der Waals surface area contributed by atoms with Crippen LogP contribution in [0.15, 0.2) is 41.0 Å². The third-order valence-electron chi connectivity index (χ3n) is 5.00. The molecular formula is C19H20FNO4. The molecule has 2 aliphatic rings. The molecule has 1 amide bonds. The zero-order valence-corrected chi connectivity index (χ0v) is 13.7. The monoisotopic (exact) mass is 345 g/mol. The van der Waals surface area contributed by atoms with Crippen LogP contribution in [0.5, 0.6) is 5.75 Å². The number of aliphatic hydroxyl groups is 1. The maximum absolute atomic E-state index is 13.3. The van der Waals surface area contributed by atoms with Crippen LogP contribution in [0.1, 0.15) is 36.7 Å². The summed E-state index contributed by atoms with van der Waals surface area (Å²) in [6, 6.07) is 7.75. The second-order valence-electron chi connectivity index (χ2n) is 6.66. The summed E-state index contributed by atoms with van der Waals surface area (Å²) >= 11 is 0. The number of ether oxygens (including phenoxy) is 1. The molecule has 4 rings (SSSR count). The van der Waals surface area contributed by atoms with E-state index in [9.17, 15) is 14.3 Å². The topological polar surface area (TPSA) is 62.9 Å². The molecule has 1 N–H and O–H groups in total. The lowest BCUT2D eigenvalue weighted by atomic mass is 10.0. The van der Waals surface area contributed by atoms with Crippen molar-refractivity contribution in [2.24, 2.45) is 0 Å². The SMILES string of the molecule is O=C(C1Cc2cc(F)ccc2O1)N1CCCC1CC(O)c1ccco1. The highest BCUT2D eigenvalue weighted by molar-refractivity contribution is 5.83. The number of carbonyl (C=O) groups excluding carboxylic acids is 1. The van der Waals surface area contributed by atoms with E-state index in [-0.39, 0.29) is 17.8 Å². The zero-order chi connectivity index (χ0) is 17.4. The number of amides is 1. The summed E-state index contributed by atoms with van der Waals surface area (Å²) in [5.41, 5.74) is 0.727. The number of likely N-dealkylation sites (tertiary alicyclic amines) is 1. The number of rotatable bonds is 4. The summed E-state index contributed by atoms with van der Waals surface area (Å²) in [5, 5.41) is 10.3. The fourth-order valence-electron chi connectivity index (χ4n) is 3.77. The van der Waals surface area contributed by atoms with Crippen LogP contribution in [-0.4, -0.2) is 34.6 Å². The van der Waals surface area contributed by atoms with Crippen molar-refractivity contribution in [2.75, 3.05) is 6.54 Å². The quantitative estimate of drug-likeness (QED) is 0.926. The van der Waals surface area contributed by atoms with Crippen LogP contribution in [0.2, 0.25) is 0 Å². The number of nitrogens with zero attached hydrogens (tertiary/aromatic N) is 1. The molecule has 3 unspecified atom stereocenters. The predicted molar refractivity (Wildman–Crippen MR) is 87.5 cm³/mol. The largest absolute Gasteiger partial charge is 0.480 e. The Kier molecular flexibility index (Phi) is 4.21. The number of halogens is 1. The minimum absolute atomic E-state index is 0.0448. The van der Waals surface area contributed by atoms with Gasteiger partial charge < -0.3 is 19.2 Å². The maximum atomic E-state index is 13.3. The Morgan fingerprint density at radius 2 is 2.28 bits per heavy atom. The third kappa shape index (κ3) is 3.14. The smallest absolute Gasteiger partial charge is 0.264 e. The van der Waals surface area contributed by atoms with E-state index < -0.39 is 12.2 Å². The summed E-state index contributed by atoms with van der Waals surface area (Å²) in [6.45, 7) is 0.652. The molecule has 2 aromatic rings. The molecule has 0 bridgehead atoms. The zero-order valence-electron chi connectivity index (χ0n) is 13.7. The van der Waals surface area contributed by atoms with Gasteiger partial charge in [0.15, 0.2) is 6.10 Å².